The number of carboxylic acid groups (broad SMARTS) is 1. The molecule has 338 valence electrons. The van der Waals surface area contributed by atoms with E-state index in [9.17, 15) is 47.9 Å². The predicted octanol–water partition coefficient (Wildman–Crippen LogP) is -2.48. The number of fused-ring (bicyclic) bond motifs is 1. The maximum atomic E-state index is 13.1. The van der Waals surface area contributed by atoms with Crippen molar-refractivity contribution in [2.24, 2.45) is 17.6 Å². The van der Waals surface area contributed by atoms with Gasteiger partial charge in [-0.25, -0.2) is 10.3 Å². The van der Waals surface area contributed by atoms with Crippen molar-refractivity contribution in [1.82, 2.24) is 48.0 Å². The summed E-state index contributed by atoms with van der Waals surface area (Å²) in [5.74, 6) is -7.39. The maximum absolute atomic E-state index is 13.1. The Morgan fingerprint density at radius 2 is 1.48 bits per heavy atom. The summed E-state index contributed by atoms with van der Waals surface area (Å²) in [6, 6.07) is -3.67. The molecule has 2 saturated heterocycles. The second-order valence-electron chi connectivity index (χ2n) is 15.0. The van der Waals surface area contributed by atoms with Crippen molar-refractivity contribution in [2.45, 2.75) is 120 Å². The number of carbonyl (C=O) groups is 10. The van der Waals surface area contributed by atoms with Gasteiger partial charge in [-0.2, -0.15) is 24.4 Å². The van der Waals surface area contributed by atoms with Crippen molar-refractivity contribution in [2.75, 3.05) is 31.1 Å². The van der Waals surface area contributed by atoms with Crippen molar-refractivity contribution in [3.05, 3.63) is 0 Å². The SMILES string of the molecule is CC(C)CC(CC(=O)NO)C(=O)N[C@@H](CS)C(=O)N[C@@H](CCC(=O)O)C(=O)NCC(=O)NCC(=O)N[C@@H](CCCCNC(=O)CCCC[C@@H]1SC[C@@H]2NC(=O)N[C@@H]21)C(N)=O. The fourth-order valence-corrected chi connectivity index (χ4v) is 8.34. The fraction of sp³-hybridized carbons (Fsp3) is 0.722. The number of hydrogen-bond donors (Lipinski definition) is 13. The van der Waals surface area contributed by atoms with E-state index in [4.69, 9.17) is 16.0 Å². The van der Waals surface area contributed by atoms with Crippen LogP contribution in [0.1, 0.15) is 84.5 Å². The van der Waals surface area contributed by atoms with Crippen LogP contribution in [-0.2, 0) is 43.2 Å². The highest BCUT2D eigenvalue weighted by molar-refractivity contribution is 8.00. The number of carbonyl (C=O) groups excluding carboxylic acids is 9. The molecule has 10 amide bonds. The van der Waals surface area contributed by atoms with Crippen molar-refractivity contribution >= 4 is 83.6 Å². The molecule has 2 rings (SSSR count). The average molecular weight is 889 g/mol. The van der Waals surface area contributed by atoms with Crippen LogP contribution in [0.4, 0.5) is 4.79 Å². The molecule has 0 aromatic heterocycles. The zero-order valence-corrected chi connectivity index (χ0v) is 35.6. The standard InChI is InChI=1S/C36H60N10O12S2/c1-19(2)13-20(14-27(48)46-58)33(54)43-23(17-59)35(56)42-22(10-11-30(51)52)34(55)40-15-28(49)39-16-29(50)41-21(32(37)53)7-5-6-12-38-26(47)9-4-3-8-25-31-24(18-60-25)44-36(57)45-31/h19-25,31,58-59H,3-18H2,1-2H3,(H2,37,53)(H,38,47)(H,39,49)(H,40,55)(H,41,50)(H,42,56)(H,43,54)(H,46,48)(H,51,52)(H2,44,45,57)/t20?,21-,22-,23-,24-,25-,31-/m0/s1. The van der Waals surface area contributed by atoms with Crippen molar-refractivity contribution in [3.63, 3.8) is 0 Å². The van der Waals surface area contributed by atoms with E-state index in [0.29, 0.717) is 37.5 Å². The molecule has 0 radical (unpaired) electrons. The molecule has 0 aromatic carbocycles. The Labute approximate surface area is 357 Å². The van der Waals surface area contributed by atoms with E-state index in [-0.39, 0.29) is 61.4 Å². The predicted molar refractivity (Wildman–Crippen MR) is 220 cm³/mol. The summed E-state index contributed by atoms with van der Waals surface area (Å²) in [5.41, 5.74) is 6.90. The number of hydroxylamine groups is 1. The van der Waals surface area contributed by atoms with Gasteiger partial charge >= 0.3 is 12.0 Å². The number of aliphatic carboxylic acids is 1. The van der Waals surface area contributed by atoms with E-state index in [1.165, 1.54) is 5.48 Å². The number of thiol groups is 1. The molecule has 0 spiro atoms. The Bertz CT molecular complexity index is 1540. The smallest absolute Gasteiger partial charge is 0.315 e. The van der Waals surface area contributed by atoms with Crippen LogP contribution in [0.2, 0.25) is 0 Å². The van der Waals surface area contributed by atoms with Crippen LogP contribution < -0.4 is 53.7 Å². The Kier molecular flexibility index (Phi) is 23.2. The van der Waals surface area contributed by atoms with E-state index in [2.05, 4.69) is 55.2 Å². The molecule has 2 fully saturated rings. The minimum Gasteiger partial charge on any atom is -0.481 e. The Morgan fingerprint density at radius 1 is 0.783 bits per heavy atom. The summed E-state index contributed by atoms with van der Waals surface area (Å²) < 4.78 is 0. The highest BCUT2D eigenvalue weighted by Crippen LogP contribution is 2.33. The van der Waals surface area contributed by atoms with Gasteiger partial charge in [0, 0.05) is 48.5 Å². The number of thioether (sulfide) groups is 1. The molecule has 7 atom stereocenters. The van der Waals surface area contributed by atoms with E-state index in [1.807, 2.05) is 25.6 Å². The van der Waals surface area contributed by atoms with Gasteiger partial charge in [0.1, 0.15) is 18.1 Å². The normalized spacial score (nSPS) is 18.6. The second-order valence-corrected chi connectivity index (χ2v) is 16.7. The highest BCUT2D eigenvalue weighted by Gasteiger charge is 2.42. The summed E-state index contributed by atoms with van der Waals surface area (Å²) >= 11 is 5.92. The van der Waals surface area contributed by atoms with E-state index in [0.717, 1.165) is 18.6 Å². The lowest BCUT2D eigenvalue weighted by Gasteiger charge is -2.24. The monoisotopic (exact) mass is 888 g/mol. The minimum atomic E-state index is -1.46. The van der Waals surface area contributed by atoms with Crippen LogP contribution in [0.3, 0.4) is 0 Å². The van der Waals surface area contributed by atoms with Gasteiger partial charge in [0.2, 0.25) is 47.3 Å². The Hall–Kier alpha value is -4.84. The molecule has 60 heavy (non-hydrogen) atoms. The summed E-state index contributed by atoms with van der Waals surface area (Å²) in [5, 5.41) is 38.8. The first-order chi connectivity index (χ1) is 28.4. The first kappa shape index (κ1) is 51.3. The number of unbranched alkanes of at least 4 members (excludes halogenated alkanes) is 2. The van der Waals surface area contributed by atoms with E-state index < -0.39 is 90.9 Å². The summed E-state index contributed by atoms with van der Waals surface area (Å²) in [7, 11) is 0. The zero-order valence-electron chi connectivity index (χ0n) is 33.8. The van der Waals surface area contributed by atoms with E-state index in [1.54, 1.807) is 0 Å². The van der Waals surface area contributed by atoms with Crippen LogP contribution in [0, 0.1) is 11.8 Å². The van der Waals surface area contributed by atoms with Crippen LogP contribution in [0.5, 0.6) is 0 Å². The summed E-state index contributed by atoms with van der Waals surface area (Å²) in [4.78, 5) is 123. The maximum Gasteiger partial charge on any atom is 0.315 e. The van der Waals surface area contributed by atoms with Gasteiger partial charge in [-0.05, 0) is 50.9 Å². The average Bonchev–Trinajstić information content (AvgIpc) is 3.75. The molecular formula is C36H60N10O12S2. The summed E-state index contributed by atoms with van der Waals surface area (Å²) in [6.07, 6.45) is 2.90. The molecule has 0 aliphatic carbocycles. The lowest BCUT2D eigenvalue weighted by molar-refractivity contribution is -0.138. The number of carboxylic acids is 1. The quantitative estimate of drug-likeness (QED) is 0.0122. The number of urea groups is 1. The van der Waals surface area contributed by atoms with Gasteiger partial charge < -0.3 is 53.4 Å². The topological polar surface area (TPSA) is 345 Å². The largest absolute Gasteiger partial charge is 0.481 e. The lowest BCUT2D eigenvalue weighted by atomic mass is 9.92. The van der Waals surface area contributed by atoms with Gasteiger partial charge in [0.15, 0.2) is 0 Å². The van der Waals surface area contributed by atoms with Gasteiger partial charge in [-0.3, -0.25) is 48.4 Å². The molecule has 2 aliphatic heterocycles. The molecule has 22 nitrogen and oxygen atoms in total. The first-order valence-electron chi connectivity index (χ1n) is 19.9. The molecule has 2 aliphatic rings. The summed E-state index contributed by atoms with van der Waals surface area (Å²) in [6.45, 7) is 2.72. The van der Waals surface area contributed by atoms with Crippen LogP contribution in [0.15, 0.2) is 0 Å². The third-order valence-corrected chi connectivity index (χ3v) is 11.5. The van der Waals surface area contributed by atoms with Gasteiger partial charge in [-0.15, -0.1) is 0 Å². The molecule has 0 aromatic rings. The number of amides is 10. The minimum absolute atomic E-state index is 0.0259. The number of primary amides is 1. The van der Waals surface area contributed by atoms with Crippen LogP contribution in [-0.4, -0.2) is 136 Å². The fourth-order valence-electron chi connectivity index (χ4n) is 6.54. The molecular weight excluding hydrogens is 829 g/mol. The molecule has 13 N–H and O–H groups in total. The Morgan fingerprint density at radius 3 is 2.13 bits per heavy atom. The molecule has 0 bridgehead atoms. The Balaban J connectivity index is 1.73. The van der Waals surface area contributed by atoms with Crippen molar-refractivity contribution in [1.29, 1.82) is 0 Å². The van der Waals surface area contributed by atoms with Gasteiger partial charge in [-0.1, -0.05) is 20.3 Å². The molecule has 1 unspecified atom stereocenters. The zero-order chi connectivity index (χ0) is 44.8. The molecule has 24 heteroatoms. The van der Waals surface area contributed by atoms with Crippen LogP contribution in [0.25, 0.3) is 0 Å². The number of nitrogens with one attached hydrogen (secondary N) is 9. The van der Waals surface area contributed by atoms with Gasteiger partial charge in [0.05, 0.1) is 25.2 Å². The third-order valence-electron chi connectivity index (χ3n) is 9.65. The molecule has 0 saturated carbocycles. The van der Waals surface area contributed by atoms with E-state index >= 15 is 0 Å². The number of rotatable bonds is 29. The lowest BCUT2D eigenvalue weighted by Crippen LogP contribution is -2.56. The first-order valence-corrected chi connectivity index (χ1v) is 21.6. The number of hydrogen-bond acceptors (Lipinski definition) is 13. The van der Waals surface area contributed by atoms with Crippen LogP contribution >= 0.6 is 24.4 Å². The van der Waals surface area contributed by atoms with Crippen molar-refractivity contribution < 1.29 is 58.3 Å². The highest BCUT2D eigenvalue weighted by atomic mass is 32.2. The van der Waals surface area contributed by atoms with Crippen molar-refractivity contribution in [3.8, 4) is 0 Å². The number of nitrogens with two attached hydrogens (primary N) is 1. The third kappa shape index (κ3) is 19.5. The second kappa shape index (κ2) is 27.1. The van der Waals surface area contributed by atoms with Gasteiger partial charge in [0.25, 0.3) is 0 Å². The molecule has 2 heterocycles.